The number of carboxylic acid groups (broad SMARTS) is 1. The Bertz CT molecular complexity index is 921. The Labute approximate surface area is 139 Å². The summed E-state index contributed by atoms with van der Waals surface area (Å²) in [6.45, 7) is 0. The number of anilines is 2. The van der Waals surface area contributed by atoms with E-state index in [0.29, 0.717) is 15.9 Å². The molecule has 2 aromatic carbocycles. The molecule has 0 spiro atoms. The number of carbonyl (C=O) groups is 1. The molecule has 2 N–H and O–H groups in total. The summed E-state index contributed by atoms with van der Waals surface area (Å²) in [5, 5.41) is 12.7. The lowest BCUT2D eigenvalue weighted by atomic mass is 10.2. The van der Waals surface area contributed by atoms with Crippen molar-refractivity contribution in [3.63, 3.8) is 0 Å². The number of thioether (sulfide) groups is 1. The van der Waals surface area contributed by atoms with E-state index >= 15 is 0 Å². The van der Waals surface area contributed by atoms with Crippen molar-refractivity contribution in [3.05, 3.63) is 54.1 Å². The van der Waals surface area contributed by atoms with Gasteiger partial charge in [-0.25, -0.2) is 18.7 Å². The fourth-order valence-corrected chi connectivity index (χ4v) is 2.79. The molecule has 0 aliphatic carbocycles. The molecule has 0 atom stereocenters. The van der Waals surface area contributed by atoms with E-state index in [9.17, 15) is 13.6 Å². The lowest BCUT2D eigenvalue weighted by Crippen LogP contribution is -2.03. The van der Waals surface area contributed by atoms with Crippen LogP contribution in [0.2, 0.25) is 0 Å². The van der Waals surface area contributed by atoms with Crippen molar-refractivity contribution in [1.82, 2.24) is 9.97 Å². The van der Waals surface area contributed by atoms with Crippen molar-refractivity contribution in [1.29, 1.82) is 0 Å². The molecule has 0 fully saturated rings. The van der Waals surface area contributed by atoms with Crippen LogP contribution in [0.1, 0.15) is 0 Å². The first kappa shape index (κ1) is 16.1. The van der Waals surface area contributed by atoms with Gasteiger partial charge in [-0.15, -0.1) is 0 Å². The zero-order valence-corrected chi connectivity index (χ0v) is 13.0. The minimum Gasteiger partial charge on any atom is -0.481 e. The third kappa shape index (κ3) is 3.60. The Balaban J connectivity index is 1.99. The third-order valence-electron chi connectivity index (χ3n) is 3.08. The maximum Gasteiger partial charge on any atom is 0.313 e. The summed E-state index contributed by atoms with van der Waals surface area (Å²) >= 11 is 1.04. The summed E-state index contributed by atoms with van der Waals surface area (Å²) < 4.78 is 26.7. The van der Waals surface area contributed by atoms with Gasteiger partial charge < -0.3 is 10.4 Å². The molecular formula is C16H11F2N3O2S. The van der Waals surface area contributed by atoms with Gasteiger partial charge in [0.05, 0.1) is 17.0 Å². The van der Waals surface area contributed by atoms with Gasteiger partial charge in [-0.1, -0.05) is 30.0 Å². The Morgan fingerprint density at radius 2 is 1.96 bits per heavy atom. The molecule has 122 valence electrons. The molecule has 0 aliphatic rings. The molecule has 3 aromatic rings. The Morgan fingerprint density at radius 3 is 2.71 bits per heavy atom. The molecule has 0 bridgehead atoms. The number of hydrogen-bond donors (Lipinski definition) is 2. The fraction of sp³-hybridized carbons (Fsp3) is 0.0625. The van der Waals surface area contributed by atoms with Crippen molar-refractivity contribution in [2.24, 2.45) is 0 Å². The van der Waals surface area contributed by atoms with Crippen LogP contribution in [0.15, 0.2) is 47.5 Å². The number of fused-ring (bicyclic) bond motifs is 1. The molecule has 8 heteroatoms. The number of benzene rings is 2. The molecule has 0 saturated carbocycles. The predicted molar refractivity (Wildman–Crippen MR) is 87.5 cm³/mol. The second-order valence-electron chi connectivity index (χ2n) is 4.80. The van der Waals surface area contributed by atoms with E-state index in [0.717, 1.165) is 23.9 Å². The highest BCUT2D eigenvalue weighted by Crippen LogP contribution is 2.28. The molecule has 3 rings (SSSR count). The van der Waals surface area contributed by atoms with Crippen molar-refractivity contribution >= 4 is 40.3 Å². The molecule has 1 heterocycles. The molecule has 0 radical (unpaired) electrons. The molecule has 24 heavy (non-hydrogen) atoms. The van der Waals surface area contributed by atoms with E-state index in [2.05, 4.69) is 15.3 Å². The van der Waals surface area contributed by atoms with Gasteiger partial charge in [-0.2, -0.15) is 0 Å². The number of nitrogens with zero attached hydrogens (tertiary/aromatic N) is 2. The number of rotatable bonds is 5. The van der Waals surface area contributed by atoms with E-state index in [1.807, 2.05) is 0 Å². The first-order valence-electron chi connectivity index (χ1n) is 6.86. The first-order chi connectivity index (χ1) is 11.5. The molecule has 5 nitrogen and oxygen atoms in total. The highest BCUT2D eigenvalue weighted by atomic mass is 32.2. The van der Waals surface area contributed by atoms with Gasteiger partial charge in [0, 0.05) is 11.5 Å². The average Bonchev–Trinajstić information content (AvgIpc) is 2.55. The van der Waals surface area contributed by atoms with Crippen LogP contribution in [0.4, 0.5) is 20.4 Å². The lowest BCUT2D eigenvalue weighted by Gasteiger charge is -2.10. The number of carboxylic acids is 1. The Morgan fingerprint density at radius 1 is 1.17 bits per heavy atom. The lowest BCUT2D eigenvalue weighted by molar-refractivity contribution is -0.133. The minimum atomic E-state index is -0.971. The van der Waals surface area contributed by atoms with Gasteiger partial charge >= 0.3 is 5.97 Å². The summed E-state index contributed by atoms with van der Waals surface area (Å²) in [7, 11) is 0. The van der Waals surface area contributed by atoms with E-state index in [4.69, 9.17) is 5.11 Å². The van der Waals surface area contributed by atoms with E-state index < -0.39 is 17.6 Å². The molecule has 0 saturated heterocycles. The fourth-order valence-electron chi connectivity index (χ4n) is 2.05. The van der Waals surface area contributed by atoms with E-state index in [1.54, 1.807) is 24.3 Å². The van der Waals surface area contributed by atoms with Crippen LogP contribution >= 0.6 is 11.8 Å². The third-order valence-corrected chi connectivity index (χ3v) is 4.05. The van der Waals surface area contributed by atoms with Crippen LogP contribution < -0.4 is 5.32 Å². The van der Waals surface area contributed by atoms with Crippen LogP contribution in [-0.2, 0) is 4.79 Å². The normalized spacial score (nSPS) is 10.8. The summed E-state index contributed by atoms with van der Waals surface area (Å²) in [6, 6.07) is 10.2. The molecule has 1 aromatic heterocycles. The Kier molecular flexibility index (Phi) is 4.57. The number of halogens is 2. The summed E-state index contributed by atoms with van der Waals surface area (Å²) in [6.07, 6.45) is 0. The van der Waals surface area contributed by atoms with Gasteiger partial charge in [-0.05, 0) is 18.2 Å². The van der Waals surface area contributed by atoms with Crippen LogP contribution in [0.5, 0.6) is 0 Å². The molecular weight excluding hydrogens is 336 g/mol. The number of aliphatic carboxylic acids is 1. The maximum absolute atomic E-state index is 13.8. The molecule has 0 unspecified atom stereocenters. The zero-order chi connectivity index (χ0) is 17.1. The first-order valence-corrected chi connectivity index (χ1v) is 7.85. The smallest absolute Gasteiger partial charge is 0.313 e. The van der Waals surface area contributed by atoms with E-state index in [-0.39, 0.29) is 17.4 Å². The van der Waals surface area contributed by atoms with Crippen molar-refractivity contribution in [2.75, 3.05) is 11.1 Å². The minimum absolute atomic E-state index is 0.0286. The zero-order valence-electron chi connectivity index (χ0n) is 12.2. The Hall–Kier alpha value is -2.74. The van der Waals surface area contributed by atoms with Crippen molar-refractivity contribution < 1.29 is 18.7 Å². The topological polar surface area (TPSA) is 75.1 Å². The monoisotopic (exact) mass is 347 g/mol. The summed E-state index contributed by atoms with van der Waals surface area (Å²) in [5.74, 6) is -2.48. The number of para-hydroxylation sites is 1. The quantitative estimate of drug-likeness (QED) is 0.540. The molecule has 0 aliphatic heterocycles. The second kappa shape index (κ2) is 6.79. The second-order valence-corrected chi connectivity index (χ2v) is 5.77. The van der Waals surface area contributed by atoms with Gasteiger partial charge in [0.1, 0.15) is 16.7 Å². The number of aromatic nitrogens is 2. The van der Waals surface area contributed by atoms with Gasteiger partial charge in [-0.3, -0.25) is 4.79 Å². The average molecular weight is 347 g/mol. The van der Waals surface area contributed by atoms with Gasteiger partial charge in [0.25, 0.3) is 0 Å². The highest BCUT2D eigenvalue weighted by molar-refractivity contribution is 8.00. The van der Waals surface area contributed by atoms with Gasteiger partial charge in [0.15, 0.2) is 0 Å². The van der Waals surface area contributed by atoms with Gasteiger partial charge in [0.2, 0.25) is 5.95 Å². The number of nitrogens with one attached hydrogen (secondary N) is 1. The highest BCUT2D eigenvalue weighted by Gasteiger charge is 2.12. The van der Waals surface area contributed by atoms with Crippen molar-refractivity contribution in [2.45, 2.75) is 5.03 Å². The molecule has 0 amide bonds. The van der Waals surface area contributed by atoms with Crippen LogP contribution in [0.25, 0.3) is 10.9 Å². The van der Waals surface area contributed by atoms with Crippen molar-refractivity contribution in [3.8, 4) is 0 Å². The maximum atomic E-state index is 13.8. The van der Waals surface area contributed by atoms with Crippen LogP contribution in [-0.4, -0.2) is 26.8 Å². The largest absolute Gasteiger partial charge is 0.481 e. The van der Waals surface area contributed by atoms with Crippen LogP contribution in [0, 0.1) is 11.6 Å². The SMILES string of the molecule is O=C(O)CSc1nc(Nc2ccc(F)cc2F)nc2ccccc12. The predicted octanol–water partition coefficient (Wildman–Crippen LogP) is 3.83. The summed E-state index contributed by atoms with van der Waals surface area (Å²) in [4.78, 5) is 19.3. The van der Waals surface area contributed by atoms with E-state index in [1.165, 1.54) is 6.07 Å². The van der Waals surface area contributed by atoms with Crippen LogP contribution in [0.3, 0.4) is 0 Å². The number of hydrogen-bond acceptors (Lipinski definition) is 5. The summed E-state index contributed by atoms with van der Waals surface area (Å²) in [5.41, 5.74) is 0.617. The standard InChI is InChI=1S/C16H11F2N3O2S/c17-9-5-6-13(11(18)7-9)20-16-19-12-4-2-1-3-10(12)15(21-16)24-8-14(22)23/h1-7H,8H2,(H,22,23)(H,19,20,21).